The molecule has 1 unspecified atom stereocenters. The Morgan fingerprint density at radius 1 is 1.11 bits per heavy atom. The third kappa shape index (κ3) is 7.02. The number of thioether (sulfide) groups is 1. The van der Waals surface area contributed by atoms with Gasteiger partial charge in [0.2, 0.25) is 0 Å². The topological polar surface area (TPSA) is 46.6 Å². The van der Waals surface area contributed by atoms with Gasteiger partial charge in [0.05, 0.1) is 6.42 Å². The van der Waals surface area contributed by atoms with Gasteiger partial charge in [0.15, 0.2) is 6.10 Å². The quantitative estimate of drug-likeness (QED) is 0.502. The van der Waals surface area contributed by atoms with Gasteiger partial charge in [0.25, 0.3) is 5.91 Å². The zero-order valence-corrected chi connectivity index (χ0v) is 16.0. The summed E-state index contributed by atoms with van der Waals surface area (Å²) in [7, 11) is 1.57. The fourth-order valence-corrected chi connectivity index (χ4v) is 3.22. The fourth-order valence-electron chi connectivity index (χ4n) is 2.39. The van der Waals surface area contributed by atoms with Crippen molar-refractivity contribution in [2.75, 3.05) is 12.8 Å². The van der Waals surface area contributed by atoms with Crippen LogP contribution >= 0.6 is 11.8 Å². The van der Waals surface area contributed by atoms with Crippen molar-refractivity contribution >= 4 is 23.6 Å². The lowest BCUT2D eigenvalue weighted by Crippen LogP contribution is -2.37. The predicted octanol–water partition coefficient (Wildman–Crippen LogP) is 4.04. The number of rotatable bonds is 8. The van der Waals surface area contributed by atoms with Gasteiger partial charge in [-0.25, -0.2) is 8.78 Å². The number of likely N-dealkylation sites (N-methyl/N-ethyl adjacent to an activating group) is 1. The summed E-state index contributed by atoms with van der Waals surface area (Å²) in [6.07, 6.45) is -0.792. The fraction of sp³-hybridized carbons (Fsp3) is 0.300. The Hall–Kier alpha value is -2.41. The number of benzene rings is 2. The third-order valence-electron chi connectivity index (χ3n) is 3.73. The minimum atomic E-state index is -0.924. The highest BCUT2D eigenvalue weighted by molar-refractivity contribution is 7.99. The zero-order valence-electron chi connectivity index (χ0n) is 15.2. The molecule has 0 aromatic heterocycles. The molecule has 144 valence electrons. The molecule has 2 aromatic carbocycles. The van der Waals surface area contributed by atoms with Crippen LogP contribution in [0.1, 0.15) is 18.9 Å². The summed E-state index contributed by atoms with van der Waals surface area (Å²) in [5.74, 6) is -1.06. The van der Waals surface area contributed by atoms with Crippen LogP contribution in [0.4, 0.5) is 8.78 Å². The van der Waals surface area contributed by atoms with Gasteiger partial charge in [-0.3, -0.25) is 9.59 Å². The maximum absolute atomic E-state index is 13.2. The van der Waals surface area contributed by atoms with Crippen molar-refractivity contribution in [3.63, 3.8) is 0 Å². The molecule has 0 saturated carbocycles. The lowest BCUT2D eigenvalue weighted by molar-refractivity contribution is -0.158. The van der Waals surface area contributed by atoms with Gasteiger partial charge in [-0.1, -0.05) is 12.1 Å². The van der Waals surface area contributed by atoms with Crippen LogP contribution < -0.4 is 0 Å². The summed E-state index contributed by atoms with van der Waals surface area (Å²) >= 11 is 1.40. The van der Waals surface area contributed by atoms with Crippen LogP contribution in [0.25, 0.3) is 0 Å². The molecule has 4 nitrogen and oxygen atoms in total. The van der Waals surface area contributed by atoms with Gasteiger partial charge in [-0.15, -0.1) is 11.8 Å². The van der Waals surface area contributed by atoms with Crippen molar-refractivity contribution < 1.29 is 23.1 Å². The van der Waals surface area contributed by atoms with Gasteiger partial charge < -0.3 is 9.64 Å². The van der Waals surface area contributed by atoms with Crippen LogP contribution in [0.3, 0.4) is 0 Å². The highest BCUT2D eigenvalue weighted by atomic mass is 32.2. The van der Waals surface area contributed by atoms with E-state index in [1.807, 2.05) is 0 Å². The van der Waals surface area contributed by atoms with Gasteiger partial charge >= 0.3 is 5.97 Å². The van der Waals surface area contributed by atoms with E-state index in [1.54, 1.807) is 31.3 Å². The van der Waals surface area contributed by atoms with Crippen LogP contribution in [0.5, 0.6) is 0 Å². The third-order valence-corrected chi connectivity index (χ3v) is 4.74. The molecule has 0 fully saturated rings. The van der Waals surface area contributed by atoms with Gasteiger partial charge in [-0.05, 0) is 48.9 Å². The average Bonchev–Trinajstić information content (AvgIpc) is 2.62. The molecule has 0 spiro atoms. The Labute approximate surface area is 161 Å². The van der Waals surface area contributed by atoms with E-state index in [4.69, 9.17) is 4.74 Å². The van der Waals surface area contributed by atoms with E-state index in [1.165, 1.54) is 47.9 Å². The van der Waals surface area contributed by atoms with E-state index >= 15 is 0 Å². The molecule has 2 rings (SSSR count). The predicted molar refractivity (Wildman–Crippen MR) is 100 cm³/mol. The Morgan fingerprint density at radius 2 is 1.81 bits per heavy atom. The average molecular weight is 393 g/mol. The monoisotopic (exact) mass is 393 g/mol. The smallest absolute Gasteiger partial charge is 0.307 e. The normalized spacial score (nSPS) is 11.7. The summed E-state index contributed by atoms with van der Waals surface area (Å²) in [5, 5.41) is 0. The number of halogens is 2. The van der Waals surface area contributed by atoms with E-state index in [0.717, 1.165) is 4.90 Å². The summed E-state index contributed by atoms with van der Waals surface area (Å²) < 4.78 is 31.2. The highest BCUT2D eigenvalue weighted by Crippen LogP contribution is 2.19. The lowest BCUT2D eigenvalue weighted by atomic mass is 10.2. The maximum Gasteiger partial charge on any atom is 0.307 e. The number of carbonyl (C=O) groups is 2. The van der Waals surface area contributed by atoms with E-state index in [9.17, 15) is 18.4 Å². The zero-order chi connectivity index (χ0) is 19.8. The molecule has 0 N–H and O–H groups in total. The number of carbonyl (C=O) groups excluding carboxylic acids is 2. The van der Waals surface area contributed by atoms with Crippen LogP contribution in [0.15, 0.2) is 53.4 Å². The van der Waals surface area contributed by atoms with Crippen molar-refractivity contribution in [2.45, 2.75) is 30.9 Å². The molecule has 1 atom stereocenters. The van der Waals surface area contributed by atoms with Gasteiger partial charge in [0.1, 0.15) is 11.6 Å². The second kappa shape index (κ2) is 10.1. The Kier molecular flexibility index (Phi) is 7.79. The first-order chi connectivity index (χ1) is 12.8. The largest absolute Gasteiger partial charge is 0.453 e. The van der Waals surface area contributed by atoms with E-state index in [0.29, 0.717) is 11.3 Å². The van der Waals surface area contributed by atoms with E-state index in [2.05, 4.69) is 0 Å². The highest BCUT2D eigenvalue weighted by Gasteiger charge is 2.21. The summed E-state index contributed by atoms with van der Waals surface area (Å²) in [6.45, 7) is 1.73. The number of ether oxygens (including phenoxy) is 1. The van der Waals surface area contributed by atoms with Crippen LogP contribution in [0.2, 0.25) is 0 Å². The minimum absolute atomic E-state index is 0.132. The lowest BCUT2D eigenvalue weighted by Gasteiger charge is -2.21. The molecule has 0 radical (unpaired) electrons. The standard InChI is InChI=1S/C20H21F2NO3S/c1-14(20(25)23(2)13-15-4-3-5-17(22)12-15)26-19(24)10-11-27-18-8-6-16(21)7-9-18/h3-9,12,14H,10-11,13H2,1-2H3. The Balaban J connectivity index is 1.75. The van der Waals surface area contributed by atoms with Crippen molar-refractivity contribution in [1.82, 2.24) is 4.90 Å². The molecule has 0 heterocycles. The molecular formula is C20H21F2NO3S. The molecule has 0 aliphatic rings. The van der Waals surface area contributed by atoms with Gasteiger partial charge in [-0.2, -0.15) is 0 Å². The number of esters is 1. The van der Waals surface area contributed by atoms with Gasteiger partial charge in [0, 0.05) is 24.2 Å². The second-order valence-electron chi connectivity index (χ2n) is 6.01. The first-order valence-electron chi connectivity index (χ1n) is 8.42. The number of amides is 1. The second-order valence-corrected chi connectivity index (χ2v) is 7.18. The number of hydrogen-bond donors (Lipinski definition) is 0. The molecule has 0 bridgehead atoms. The number of nitrogens with zero attached hydrogens (tertiary/aromatic N) is 1. The van der Waals surface area contributed by atoms with Crippen molar-refractivity contribution in [3.05, 3.63) is 65.7 Å². The molecule has 0 aliphatic heterocycles. The summed E-state index contributed by atoms with van der Waals surface area (Å²) in [4.78, 5) is 26.5. The summed E-state index contributed by atoms with van der Waals surface area (Å²) in [6, 6.07) is 12.0. The molecular weight excluding hydrogens is 372 g/mol. The van der Waals surface area contributed by atoms with Crippen molar-refractivity contribution in [2.24, 2.45) is 0 Å². The van der Waals surface area contributed by atoms with Crippen LogP contribution in [0, 0.1) is 11.6 Å². The van der Waals surface area contributed by atoms with Crippen molar-refractivity contribution in [3.8, 4) is 0 Å². The van der Waals surface area contributed by atoms with E-state index in [-0.39, 0.29) is 30.5 Å². The molecule has 0 saturated heterocycles. The SMILES string of the molecule is CC(OC(=O)CCSc1ccc(F)cc1)C(=O)N(C)Cc1cccc(F)c1. The molecule has 7 heteroatoms. The molecule has 0 aliphatic carbocycles. The maximum atomic E-state index is 13.2. The minimum Gasteiger partial charge on any atom is -0.453 e. The van der Waals surface area contributed by atoms with Crippen LogP contribution in [-0.2, 0) is 20.9 Å². The van der Waals surface area contributed by atoms with Crippen LogP contribution in [-0.4, -0.2) is 35.7 Å². The molecule has 1 amide bonds. The summed E-state index contributed by atoms with van der Waals surface area (Å²) in [5.41, 5.74) is 0.653. The molecule has 2 aromatic rings. The van der Waals surface area contributed by atoms with Crippen molar-refractivity contribution in [1.29, 1.82) is 0 Å². The first kappa shape index (κ1) is 20.9. The number of hydrogen-bond acceptors (Lipinski definition) is 4. The first-order valence-corrected chi connectivity index (χ1v) is 9.41. The molecule has 27 heavy (non-hydrogen) atoms. The van der Waals surface area contributed by atoms with E-state index < -0.39 is 12.1 Å². The Morgan fingerprint density at radius 3 is 2.48 bits per heavy atom. The Bertz CT molecular complexity index is 783.